The van der Waals surface area contributed by atoms with Crippen molar-refractivity contribution >= 4 is 39.0 Å². The van der Waals surface area contributed by atoms with Crippen LogP contribution < -0.4 is 10.1 Å². The Morgan fingerprint density at radius 3 is 2.80 bits per heavy atom. The van der Waals surface area contributed by atoms with Gasteiger partial charge in [0.1, 0.15) is 22.0 Å². The van der Waals surface area contributed by atoms with Crippen LogP contribution in [-0.2, 0) is 6.42 Å². The Kier molecular flexibility index (Phi) is 5.20. The van der Waals surface area contributed by atoms with E-state index in [1.807, 2.05) is 18.2 Å². The van der Waals surface area contributed by atoms with Crippen molar-refractivity contribution in [3.05, 3.63) is 39.7 Å². The third-order valence-corrected chi connectivity index (χ3v) is 3.39. The molecule has 6 heteroatoms. The number of aryl methyl sites for hydroxylation is 1. The molecule has 0 saturated heterocycles. The van der Waals surface area contributed by atoms with Gasteiger partial charge in [0, 0.05) is 18.6 Å². The number of benzene rings is 1. The second-order valence-corrected chi connectivity index (χ2v) is 5.43. The second kappa shape index (κ2) is 6.90. The molecule has 0 bridgehead atoms. The summed E-state index contributed by atoms with van der Waals surface area (Å²) < 4.78 is 5.94. The SMILES string of the molecule is CCCc1nc(Br)cc(Nc2cc(OC)ccc2Cl)n1. The van der Waals surface area contributed by atoms with Crippen molar-refractivity contribution in [3.8, 4) is 5.75 Å². The van der Waals surface area contributed by atoms with Gasteiger partial charge in [0.2, 0.25) is 0 Å². The van der Waals surface area contributed by atoms with E-state index in [9.17, 15) is 0 Å². The summed E-state index contributed by atoms with van der Waals surface area (Å²) in [6.45, 7) is 2.09. The minimum Gasteiger partial charge on any atom is -0.497 e. The molecule has 0 atom stereocenters. The average molecular weight is 357 g/mol. The molecule has 20 heavy (non-hydrogen) atoms. The molecule has 4 nitrogen and oxygen atoms in total. The van der Waals surface area contributed by atoms with Crippen molar-refractivity contribution in [3.63, 3.8) is 0 Å². The monoisotopic (exact) mass is 355 g/mol. The van der Waals surface area contributed by atoms with E-state index in [-0.39, 0.29) is 0 Å². The lowest BCUT2D eigenvalue weighted by Gasteiger charge is -2.10. The molecule has 1 aromatic heterocycles. The molecule has 0 spiro atoms. The maximum atomic E-state index is 6.17. The first-order chi connectivity index (χ1) is 9.62. The van der Waals surface area contributed by atoms with E-state index in [2.05, 4.69) is 38.1 Å². The highest BCUT2D eigenvalue weighted by Crippen LogP contribution is 2.29. The van der Waals surface area contributed by atoms with Gasteiger partial charge in [-0.15, -0.1) is 0 Å². The first-order valence-corrected chi connectivity index (χ1v) is 7.43. The van der Waals surface area contributed by atoms with E-state index >= 15 is 0 Å². The zero-order valence-corrected chi connectivity index (χ0v) is 13.6. The van der Waals surface area contributed by atoms with E-state index in [0.29, 0.717) is 10.8 Å². The fourth-order valence-electron chi connectivity index (χ4n) is 1.73. The highest BCUT2D eigenvalue weighted by Gasteiger charge is 2.07. The molecule has 0 aliphatic carbocycles. The Morgan fingerprint density at radius 2 is 2.10 bits per heavy atom. The highest BCUT2D eigenvalue weighted by molar-refractivity contribution is 9.10. The molecule has 2 rings (SSSR count). The molecule has 0 aliphatic rings. The Labute approximate surface area is 131 Å². The number of halogens is 2. The number of aromatic nitrogens is 2. The summed E-state index contributed by atoms with van der Waals surface area (Å²) >= 11 is 9.56. The first-order valence-electron chi connectivity index (χ1n) is 6.26. The van der Waals surface area contributed by atoms with Crippen LogP contribution in [0.4, 0.5) is 11.5 Å². The summed E-state index contributed by atoms with van der Waals surface area (Å²) in [7, 11) is 1.62. The maximum absolute atomic E-state index is 6.17. The first kappa shape index (κ1) is 15.1. The lowest BCUT2D eigenvalue weighted by Crippen LogP contribution is -2.01. The van der Waals surface area contributed by atoms with E-state index < -0.39 is 0 Å². The molecule has 1 aromatic carbocycles. The van der Waals surface area contributed by atoms with E-state index in [4.69, 9.17) is 16.3 Å². The molecule has 0 fully saturated rings. The highest BCUT2D eigenvalue weighted by atomic mass is 79.9. The van der Waals surface area contributed by atoms with Crippen LogP contribution in [0.1, 0.15) is 19.2 Å². The van der Waals surface area contributed by atoms with Crippen LogP contribution in [-0.4, -0.2) is 17.1 Å². The van der Waals surface area contributed by atoms with Gasteiger partial charge in [0.25, 0.3) is 0 Å². The molecular formula is C14H15BrClN3O. The van der Waals surface area contributed by atoms with Crippen molar-refractivity contribution in [2.75, 3.05) is 12.4 Å². The number of hydrogen-bond acceptors (Lipinski definition) is 4. The molecule has 0 saturated carbocycles. The van der Waals surface area contributed by atoms with Crippen molar-refractivity contribution < 1.29 is 4.74 Å². The Bertz CT molecular complexity index is 607. The molecule has 0 unspecified atom stereocenters. The fourth-order valence-corrected chi connectivity index (χ4v) is 2.32. The fraction of sp³-hybridized carbons (Fsp3) is 0.286. The lowest BCUT2D eigenvalue weighted by atomic mass is 10.3. The van der Waals surface area contributed by atoms with Gasteiger partial charge in [-0.1, -0.05) is 18.5 Å². The topological polar surface area (TPSA) is 47.0 Å². The van der Waals surface area contributed by atoms with Crippen molar-refractivity contribution in [2.24, 2.45) is 0 Å². The third-order valence-electron chi connectivity index (χ3n) is 2.65. The third kappa shape index (κ3) is 3.84. The van der Waals surface area contributed by atoms with Gasteiger partial charge in [-0.25, -0.2) is 9.97 Å². The molecule has 0 aliphatic heterocycles. The second-order valence-electron chi connectivity index (χ2n) is 4.21. The van der Waals surface area contributed by atoms with Crippen LogP contribution in [0.15, 0.2) is 28.9 Å². The summed E-state index contributed by atoms with van der Waals surface area (Å²) in [5, 5.41) is 3.80. The Hall–Kier alpha value is -1.33. The number of methoxy groups -OCH3 is 1. The predicted octanol–water partition coefficient (Wildman–Crippen LogP) is 4.60. The van der Waals surface area contributed by atoms with Crippen molar-refractivity contribution in [2.45, 2.75) is 19.8 Å². The summed E-state index contributed by atoms with van der Waals surface area (Å²) in [6.07, 6.45) is 1.83. The zero-order valence-electron chi connectivity index (χ0n) is 11.3. The standard InChI is InChI=1S/C14H15BrClN3O/c1-3-4-13-18-12(15)8-14(19-13)17-11-7-9(20-2)5-6-10(11)16/h5-8H,3-4H2,1-2H3,(H,17,18,19). The number of anilines is 2. The number of rotatable bonds is 5. The summed E-state index contributed by atoms with van der Waals surface area (Å²) in [6, 6.07) is 7.24. The smallest absolute Gasteiger partial charge is 0.135 e. The van der Waals surface area contributed by atoms with Gasteiger partial charge >= 0.3 is 0 Å². The molecule has 0 radical (unpaired) electrons. The lowest BCUT2D eigenvalue weighted by molar-refractivity contribution is 0.415. The normalized spacial score (nSPS) is 10.4. The van der Waals surface area contributed by atoms with Gasteiger partial charge in [-0.05, 0) is 34.5 Å². The van der Waals surface area contributed by atoms with Crippen LogP contribution in [0.3, 0.4) is 0 Å². The van der Waals surface area contributed by atoms with Crippen LogP contribution in [0.25, 0.3) is 0 Å². The zero-order chi connectivity index (χ0) is 14.5. The summed E-state index contributed by atoms with van der Waals surface area (Å²) in [5.74, 6) is 2.23. The molecule has 1 N–H and O–H groups in total. The summed E-state index contributed by atoms with van der Waals surface area (Å²) in [4.78, 5) is 8.79. The molecule has 1 heterocycles. The van der Waals surface area contributed by atoms with Gasteiger partial charge in [0.15, 0.2) is 0 Å². The number of ether oxygens (including phenoxy) is 1. The minimum atomic E-state index is 0.609. The minimum absolute atomic E-state index is 0.609. The van der Waals surface area contributed by atoms with Gasteiger partial charge in [0.05, 0.1) is 17.8 Å². The maximum Gasteiger partial charge on any atom is 0.135 e. The average Bonchev–Trinajstić information content (AvgIpc) is 2.41. The van der Waals surface area contributed by atoms with E-state index in [1.165, 1.54) is 0 Å². The molecule has 2 aromatic rings. The van der Waals surface area contributed by atoms with Crippen molar-refractivity contribution in [1.29, 1.82) is 0 Å². The van der Waals surface area contributed by atoms with Gasteiger partial charge in [-0.2, -0.15) is 0 Å². The molecule has 0 amide bonds. The predicted molar refractivity (Wildman–Crippen MR) is 85.0 cm³/mol. The van der Waals surface area contributed by atoms with Crippen molar-refractivity contribution in [1.82, 2.24) is 9.97 Å². The van der Waals surface area contributed by atoms with Gasteiger partial charge in [-0.3, -0.25) is 0 Å². The quantitative estimate of drug-likeness (QED) is 0.796. The van der Waals surface area contributed by atoms with Crippen LogP contribution in [0.5, 0.6) is 5.75 Å². The Balaban J connectivity index is 2.29. The van der Waals surface area contributed by atoms with E-state index in [1.54, 1.807) is 13.2 Å². The largest absolute Gasteiger partial charge is 0.497 e. The van der Waals surface area contributed by atoms with Crippen LogP contribution >= 0.6 is 27.5 Å². The Morgan fingerprint density at radius 1 is 1.30 bits per heavy atom. The number of nitrogens with one attached hydrogen (secondary N) is 1. The van der Waals surface area contributed by atoms with E-state index in [0.717, 1.165) is 34.7 Å². The number of hydrogen-bond donors (Lipinski definition) is 1. The van der Waals surface area contributed by atoms with Crippen LogP contribution in [0.2, 0.25) is 5.02 Å². The van der Waals surface area contributed by atoms with Crippen LogP contribution in [0, 0.1) is 0 Å². The number of nitrogens with zero attached hydrogens (tertiary/aromatic N) is 2. The molecular weight excluding hydrogens is 342 g/mol. The van der Waals surface area contributed by atoms with Gasteiger partial charge < -0.3 is 10.1 Å². The molecule has 106 valence electrons. The summed E-state index contributed by atoms with van der Waals surface area (Å²) in [5.41, 5.74) is 0.749.